The largest absolute Gasteiger partial charge is 0.479 e. The number of fused-ring (bicyclic) bond motifs is 1. The van der Waals surface area contributed by atoms with E-state index in [9.17, 15) is 24.3 Å². The molecule has 0 bridgehead atoms. The third-order valence-corrected chi connectivity index (χ3v) is 9.46. The molecule has 3 aromatic heterocycles. The van der Waals surface area contributed by atoms with Gasteiger partial charge < -0.3 is 29.8 Å². The van der Waals surface area contributed by atoms with Crippen LogP contribution in [0.2, 0.25) is 0 Å². The minimum atomic E-state index is -1.50. The lowest BCUT2D eigenvalue weighted by atomic mass is 9.85. The molecule has 1 aromatic carbocycles. The molecule has 3 N–H and O–H groups in total. The second-order valence-corrected chi connectivity index (χ2v) is 13.8. The van der Waals surface area contributed by atoms with Gasteiger partial charge in [0, 0.05) is 12.3 Å². The van der Waals surface area contributed by atoms with Gasteiger partial charge in [0.1, 0.15) is 29.4 Å². The summed E-state index contributed by atoms with van der Waals surface area (Å²) in [6, 6.07) is 12.1. The Morgan fingerprint density at radius 2 is 1.87 bits per heavy atom. The van der Waals surface area contributed by atoms with E-state index in [0.29, 0.717) is 16.7 Å². The Morgan fingerprint density at radius 1 is 1.13 bits per heavy atom. The number of aliphatic carboxylic acids is 1. The maximum Gasteiger partial charge on any atom is 0.330 e. The van der Waals surface area contributed by atoms with E-state index < -0.39 is 58.8 Å². The number of thiophene rings is 1. The number of para-hydroxylation sites is 2. The van der Waals surface area contributed by atoms with E-state index in [1.807, 2.05) is 41.8 Å². The van der Waals surface area contributed by atoms with E-state index in [4.69, 9.17) is 19.1 Å². The summed E-state index contributed by atoms with van der Waals surface area (Å²) in [6.07, 6.45) is 2.40. The van der Waals surface area contributed by atoms with Crippen molar-refractivity contribution in [3.63, 3.8) is 0 Å². The lowest BCUT2D eigenvalue weighted by molar-refractivity contribution is -0.146. The van der Waals surface area contributed by atoms with Crippen LogP contribution < -0.4 is 15.4 Å². The molecule has 0 spiro atoms. The van der Waals surface area contributed by atoms with Crippen LogP contribution in [0.25, 0.3) is 21.6 Å². The molecular weight excluding hydrogens is 622 g/mol. The van der Waals surface area contributed by atoms with Crippen LogP contribution in [0, 0.1) is 11.3 Å². The molecule has 244 valence electrons. The minimum absolute atomic E-state index is 0.0243. The normalized spacial score (nSPS) is 22.8. The molecule has 0 radical (unpaired) electrons. The summed E-state index contributed by atoms with van der Waals surface area (Å²) in [5.74, 6) is -3.08. The van der Waals surface area contributed by atoms with Crippen molar-refractivity contribution in [3.8, 4) is 16.5 Å². The number of carbonyl (C=O) groups is 4. The smallest absolute Gasteiger partial charge is 0.330 e. The van der Waals surface area contributed by atoms with Gasteiger partial charge in [-0.25, -0.2) is 14.8 Å². The number of benzene rings is 1. The van der Waals surface area contributed by atoms with Gasteiger partial charge in [0.25, 0.3) is 5.91 Å². The van der Waals surface area contributed by atoms with Crippen LogP contribution in [-0.2, 0) is 14.4 Å². The first-order valence-corrected chi connectivity index (χ1v) is 16.1. The topological polar surface area (TPSA) is 164 Å². The number of carbonyl (C=O) groups excluding carboxylic acids is 3. The summed E-state index contributed by atoms with van der Waals surface area (Å²) < 4.78 is 11.7. The molecule has 1 unspecified atom stereocenters. The SMILES string of the molecule is C=C[C@@H]1CC1(NC(=O)[C@@H]1C[C@@H](Oc2nc3ccccc3nc2-c2cccs2)CN1C(=O)[C@@H](NC(=O)c1ccco1)C(C)(C)C)C(=O)O. The van der Waals surface area contributed by atoms with Gasteiger partial charge in [-0.3, -0.25) is 14.4 Å². The summed E-state index contributed by atoms with van der Waals surface area (Å²) in [5.41, 5.74) is -0.449. The number of aromatic nitrogens is 2. The highest BCUT2D eigenvalue weighted by molar-refractivity contribution is 7.13. The van der Waals surface area contributed by atoms with Crippen molar-refractivity contribution in [3.05, 3.63) is 78.6 Å². The van der Waals surface area contributed by atoms with Gasteiger partial charge in [0.05, 0.1) is 28.7 Å². The van der Waals surface area contributed by atoms with Crippen LogP contribution in [0.15, 0.2) is 77.2 Å². The molecule has 1 aliphatic carbocycles. The van der Waals surface area contributed by atoms with Gasteiger partial charge in [-0.15, -0.1) is 17.9 Å². The predicted molar refractivity (Wildman–Crippen MR) is 174 cm³/mol. The molecule has 1 saturated carbocycles. The molecule has 5 atom stereocenters. The Hall–Kier alpha value is -5.04. The van der Waals surface area contributed by atoms with Gasteiger partial charge in [-0.05, 0) is 47.5 Å². The van der Waals surface area contributed by atoms with Gasteiger partial charge in [-0.2, -0.15) is 0 Å². The number of furan rings is 1. The molecule has 1 saturated heterocycles. The fraction of sp³-hybridized carbons (Fsp3) is 0.353. The fourth-order valence-electron chi connectivity index (χ4n) is 5.92. The van der Waals surface area contributed by atoms with Gasteiger partial charge >= 0.3 is 5.97 Å². The number of hydrogen-bond acceptors (Lipinski definition) is 9. The van der Waals surface area contributed by atoms with E-state index in [2.05, 4.69) is 17.2 Å². The third kappa shape index (κ3) is 6.22. The molecule has 47 heavy (non-hydrogen) atoms. The highest BCUT2D eigenvalue weighted by Gasteiger charge is 2.61. The second kappa shape index (κ2) is 12.3. The highest BCUT2D eigenvalue weighted by atomic mass is 32.1. The molecule has 2 aliphatic rings. The number of ether oxygens (including phenoxy) is 1. The fourth-order valence-corrected chi connectivity index (χ4v) is 6.62. The quantitative estimate of drug-likeness (QED) is 0.211. The van der Waals surface area contributed by atoms with Crippen LogP contribution >= 0.6 is 11.3 Å². The minimum Gasteiger partial charge on any atom is -0.479 e. The Morgan fingerprint density at radius 3 is 2.47 bits per heavy atom. The molecule has 13 heteroatoms. The average Bonchev–Trinajstić information content (AvgIpc) is 3.54. The number of rotatable bonds is 10. The van der Waals surface area contributed by atoms with Crippen molar-refractivity contribution >= 4 is 46.1 Å². The summed E-state index contributed by atoms with van der Waals surface area (Å²) >= 11 is 1.47. The summed E-state index contributed by atoms with van der Waals surface area (Å²) in [6.45, 7) is 9.07. The Labute approximate surface area is 274 Å². The maximum atomic E-state index is 14.4. The lowest BCUT2D eigenvalue weighted by Gasteiger charge is -2.35. The van der Waals surface area contributed by atoms with E-state index >= 15 is 0 Å². The molecular formula is C34H35N5O7S. The van der Waals surface area contributed by atoms with Crippen LogP contribution in [0.4, 0.5) is 0 Å². The Bertz CT molecular complexity index is 1830. The predicted octanol–water partition coefficient (Wildman–Crippen LogP) is 4.29. The number of amides is 3. The summed E-state index contributed by atoms with van der Waals surface area (Å²) in [7, 11) is 0. The summed E-state index contributed by atoms with van der Waals surface area (Å²) in [4.78, 5) is 65.3. The first-order chi connectivity index (χ1) is 22.4. The van der Waals surface area contributed by atoms with Crippen LogP contribution in [0.5, 0.6) is 5.88 Å². The van der Waals surface area contributed by atoms with E-state index in [0.717, 1.165) is 4.88 Å². The molecule has 3 amide bonds. The number of carboxylic acids is 1. The zero-order valence-electron chi connectivity index (χ0n) is 26.1. The highest BCUT2D eigenvalue weighted by Crippen LogP contribution is 2.45. The lowest BCUT2D eigenvalue weighted by Crippen LogP contribution is -2.59. The van der Waals surface area contributed by atoms with E-state index in [1.165, 1.54) is 34.6 Å². The van der Waals surface area contributed by atoms with Gasteiger partial charge in [0.2, 0.25) is 17.7 Å². The molecule has 4 heterocycles. The average molecular weight is 658 g/mol. The zero-order chi connectivity index (χ0) is 33.5. The first kappa shape index (κ1) is 31.9. The van der Waals surface area contributed by atoms with Crippen LogP contribution in [0.1, 0.15) is 44.2 Å². The number of hydrogen-bond donors (Lipinski definition) is 3. The Balaban J connectivity index is 1.33. The van der Waals surface area contributed by atoms with Crippen molar-refractivity contribution in [1.29, 1.82) is 0 Å². The van der Waals surface area contributed by atoms with E-state index in [-0.39, 0.29) is 31.0 Å². The maximum absolute atomic E-state index is 14.4. The van der Waals surface area contributed by atoms with Crippen LogP contribution in [-0.4, -0.2) is 73.9 Å². The number of nitrogens with zero attached hydrogens (tertiary/aromatic N) is 3. The van der Waals surface area contributed by atoms with Crippen molar-refractivity contribution in [2.24, 2.45) is 11.3 Å². The number of carboxylic acid groups (broad SMARTS) is 1. The molecule has 1 aliphatic heterocycles. The van der Waals surface area contributed by atoms with Crippen molar-refractivity contribution in [2.45, 2.75) is 57.3 Å². The molecule has 6 rings (SSSR count). The van der Waals surface area contributed by atoms with Crippen molar-refractivity contribution < 1.29 is 33.4 Å². The van der Waals surface area contributed by atoms with Gasteiger partial charge in [-0.1, -0.05) is 45.0 Å². The Kier molecular flexibility index (Phi) is 8.35. The molecule has 2 fully saturated rings. The van der Waals surface area contributed by atoms with Crippen molar-refractivity contribution in [2.75, 3.05) is 6.54 Å². The number of likely N-dealkylation sites (tertiary alicyclic amines) is 1. The van der Waals surface area contributed by atoms with Gasteiger partial charge in [0.15, 0.2) is 5.76 Å². The third-order valence-electron chi connectivity index (χ3n) is 8.58. The number of nitrogens with one attached hydrogen (secondary N) is 2. The van der Waals surface area contributed by atoms with Crippen molar-refractivity contribution in [1.82, 2.24) is 25.5 Å². The molecule has 4 aromatic rings. The van der Waals surface area contributed by atoms with E-state index in [1.54, 1.807) is 26.8 Å². The zero-order valence-corrected chi connectivity index (χ0v) is 27.0. The second-order valence-electron chi connectivity index (χ2n) is 12.9. The monoisotopic (exact) mass is 657 g/mol. The standard InChI is InChI=1S/C34H35N5O7S/c1-5-19-17-34(19,32(43)44)38-28(40)23-16-20(18-39(23)31(42)27(33(2,3)4)37-29(41)24-12-8-14-45-24)46-30-26(25-13-9-15-47-25)35-21-10-6-7-11-22(21)36-30/h5-15,19-20,23,27H,1,16-18H2,2-4H3,(H,37,41)(H,38,40)(H,43,44)/t19-,20-,23+,27-,34?/m1/s1. The summed E-state index contributed by atoms with van der Waals surface area (Å²) in [5, 5.41) is 17.4. The van der Waals surface area contributed by atoms with Crippen LogP contribution in [0.3, 0.4) is 0 Å². The molecule has 12 nitrogen and oxygen atoms in total. The first-order valence-electron chi connectivity index (χ1n) is 15.2.